The van der Waals surface area contributed by atoms with E-state index in [1.54, 1.807) is 28.4 Å². The molecule has 0 spiro atoms. The Hall–Kier alpha value is -2.73. The maximum atomic E-state index is 13.3. The molecule has 144 valence electrons. The van der Waals surface area contributed by atoms with Gasteiger partial charge in [-0.3, -0.25) is 4.79 Å². The molecule has 1 aliphatic rings. The summed E-state index contributed by atoms with van der Waals surface area (Å²) in [7, 11) is 0. The Kier molecular flexibility index (Phi) is 4.89. The third-order valence-corrected chi connectivity index (χ3v) is 5.75. The van der Waals surface area contributed by atoms with Crippen LogP contribution in [0, 0.1) is 19.7 Å². The Morgan fingerprint density at radius 1 is 1.18 bits per heavy atom. The number of amides is 1. The summed E-state index contributed by atoms with van der Waals surface area (Å²) < 4.78 is 19.2. The molecular weight excluding hydrogens is 375 g/mol. The standard InChI is InChI=1S/C22H21FN2O2S/c1-4-19-22(26)25(12-15-5-8-17(23)9-6-15)18-11-16(7-10-20(18)27-19)21-13(2)28-14(3)24-21/h5-11,19H,4,12H2,1-3H3. The lowest BCUT2D eigenvalue weighted by molar-refractivity contribution is -0.126. The molecule has 0 N–H and O–H groups in total. The number of rotatable bonds is 4. The van der Waals surface area contributed by atoms with Gasteiger partial charge in [0.25, 0.3) is 5.91 Å². The molecule has 0 saturated heterocycles. The van der Waals surface area contributed by atoms with E-state index < -0.39 is 6.10 Å². The number of aromatic nitrogens is 1. The van der Waals surface area contributed by atoms with Gasteiger partial charge in [0.15, 0.2) is 6.10 Å². The third-order valence-electron chi connectivity index (χ3n) is 4.86. The second-order valence-electron chi connectivity index (χ2n) is 6.89. The van der Waals surface area contributed by atoms with Gasteiger partial charge in [0.2, 0.25) is 0 Å². The number of fused-ring (bicyclic) bond motifs is 1. The monoisotopic (exact) mass is 396 g/mol. The van der Waals surface area contributed by atoms with Crippen LogP contribution in [0.3, 0.4) is 0 Å². The van der Waals surface area contributed by atoms with Gasteiger partial charge in [0, 0.05) is 10.4 Å². The fourth-order valence-corrected chi connectivity index (χ4v) is 4.30. The van der Waals surface area contributed by atoms with Crippen molar-refractivity contribution in [2.45, 2.75) is 39.8 Å². The molecule has 1 aliphatic heterocycles. The van der Waals surface area contributed by atoms with E-state index in [-0.39, 0.29) is 11.7 Å². The largest absolute Gasteiger partial charge is 0.478 e. The van der Waals surface area contributed by atoms with E-state index in [2.05, 4.69) is 4.98 Å². The zero-order valence-electron chi connectivity index (χ0n) is 16.0. The van der Waals surface area contributed by atoms with Gasteiger partial charge in [-0.05, 0) is 56.2 Å². The molecule has 1 aromatic heterocycles. The van der Waals surface area contributed by atoms with Crippen LogP contribution in [0.1, 0.15) is 28.8 Å². The highest BCUT2D eigenvalue weighted by Crippen LogP contribution is 2.40. The van der Waals surface area contributed by atoms with E-state index in [0.717, 1.165) is 32.4 Å². The summed E-state index contributed by atoms with van der Waals surface area (Å²) in [5, 5.41) is 1.01. The van der Waals surface area contributed by atoms with Gasteiger partial charge >= 0.3 is 0 Å². The molecule has 0 saturated carbocycles. The Morgan fingerprint density at radius 3 is 2.57 bits per heavy atom. The number of aryl methyl sites for hydroxylation is 2. The molecule has 1 atom stereocenters. The normalized spacial score (nSPS) is 16.1. The van der Waals surface area contributed by atoms with E-state index in [9.17, 15) is 9.18 Å². The van der Waals surface area contributed by atoms with E-state index in [1.807, 2.05) is 39.0 Å². The van der Waals surface area contributed by atoms with Gasteiger partial charge in [0.05, 0.1) is 22.9 Å². The van der Waals surface area contributed by atoms with Crippen LogP contribution in [-0.2, 0) is 11.3 Å². The third kappa shape index (κ3) is 3.40. The number of carbonyl (C=O) groups excluding carboxylic acids is 1. The molecule has 1 amide bonds. The minimum atomic E-state index is -0.512. The van der Waals surface area contributed by atoms with Crippen LogP contribution < -0.4 is 9.64 Å². The molecule has 0 aliphatic carbocycles. The Bertz CT molecular complexity index is 1030. The van der Waals surface area contributed by atoms with Crippen LogP contribution in [0.25, 0.3) is 11.3 Å². The predicted octanol–water partition coefficient (Wildman–Crippen LogP) is 5.27. The highest BCUT2D eigenvalue weighted by atomic mass is 32.1. The average Bonchev–Trinajstić information content (AvgIpc) is 3.03. The van der Waals surface area contributed by atoms with Gasteiger partial charge < -0.3 is 9.64 Å². The van der Waals surface area contributed by atoms with Crippen LogP contribution in [-0.4, -0.2) is 17.0 Å². The lowest BCUT2D eigenvalue weighted by Crippen LogP contribution is -2.45. The van der Waals surface area contributed by atoms with Crippen molar-refractivity contribution in [2.75, 3.05) is 4.90 Å². The summed E-state index contributed by atoms with van der Waals surface area (Å²) in [5.74, 6) is 0.310. The number of nitrogens with zero attached hydrogens (tertiary/aromatic N) is 2. The second-order valence-corrected chi connectivity index (χ2v) is 8.29. The minimum Gasteiger partial charge on any atom is -0.478 e. The van der Waals surface area contributed by atoms with Crippen molar-refractivity contribution in [3.05, 3.63) is 63.7 Å². The fraction of sp³-hybridized carbons (Fsp3) is 0.273. The van der Waals surface area contributed by atoms with Crippen molar-refractivity contribution in [2.24, 2.45) is 0 Å². The van der Waals surface area contributed by atoms with Gasteiger partial charge in [-0.25, -0.2) is 9.37 Å². The summed E-state index contributed by atoms with van der Waals surface area (Å²) in [6.45, 7) is 6.33. The molecule has 0 fully saturated rings. The highest BCUT2D eigenvalue weighted by Gasteiger charge is 2.33. The molecular formula is C22H21FN2O2S. The minimum absolute atomic E-state index is 0.0809. The fourth-order valence-electron chi connectivity index (χ4n) is 3.46. The molecule has 4 nitrogen and oxygen atoms in total. The van der Waals surface area contributed by atoms with Gasteiger partial charge in [-0.15, -0.1) is 11.3 Å². The van der Waals surface area contributed by atoms with Crippen molar-refractivity contribution in [3.63, 3.8) is 0 Å². The Morgan fingerprint density at radius 2 is 1.93 bits per heavy atom. The molecule has 6 heteroatoms. The molecule has 28 heavy (non-hydrogen) atoms. The maximum Gasteiger partial charge on any atom is 0.268 e. The van der Waals surface area contributed by atoms with Gasteiger partial charge in [0.1, 0.15) is 11.6 Å². The zero-order valence-corrected chi connectivity index (χ0v) is 16.8. The van der Waals surface area contributed by atoms with E-state index >= 15 is 0 Å². The molecule has 2 heterocycles. The zero-order chi connectivity index (χ0) is 19.8. The predicted molar refractivity (Wildman–Crippen MR) is 109 cm³/mol. The first-order valence-electron chi connectivity index (χ1n) is 9.27. The number of thiazole rings is 1. The number of halogens is 1. The Balaban J connectivity index is 1.77. The van der Waals surface area contributed by atoms with Crippen molar-refractivity contribution >= 4 is 22.9 Å². The van der Waals surface area contributed by atoms with Crippen molar-refractivity contribution < 1.29 is 13.9 Å². The topological polar surface area (TPSA) is 42.4 Å². The number of carbonyl (C=O) groups is 1. The number of hydrogen-bond acceptors (Lipinski definition) is 4. The van der Waals surface area contributed by atoms with E-state index in [1.165, 1.54) is 12.1 Å². The van der Waals surface area contributed by atoms with Gasteiger partial charge in [-0.1, -0.05) is 19.1 Å². The molecule has 2 aromatic carbocycles. The highest BCUT2D eigenvalue weighted by molar-refractivity contribution is 7.11. The van der Waals surface area contributed by atoms with Crippen molar-refractivity contribution in [1.82, 2.24) is 4.98 Å². The first-order valence-corrected chi connectivity index (χ1v) is 10.1. The van der Waals surface area contributed by atoms with Crippen LogP contribution in [0.2, 0.25) is 0 Å². The van der Waals surface area contributed by atoms with Crippen molar-refractivity contribution in [3.8, 4) is 17.0 Å². The summed E-state index contributed by atoms with van der Waals surface area (Å²) in [5.41, 5.74) is 3.47. The van der Waals surface area contributed by atoms with E-state index in [4.69, 9.17) is 4.74 Å². The van der Waals surface area contributed by atoms with Crippen molar-refractivity contribution in [1.29, 1.82) is 0 Å². The van der Waals surface area contributed by atoms with Crippen LogP contribution in [0.4, 0.5) is 10.1 Å². The summed E-state index contributed by atoms with van der Waals surface area (Å²) in [6.07, 6.45) is 0.0756. The number of ether oxygens (including phenoxy) is 1. The molecule has 0 radical (unpaired) electrons. The van der Waals surface area contributed by atoms with Gasteiger partial charge in [-0.2, -0.15) is 0 Å². The van der Waals surface area contributed by atoms with Crippen LogP contribution in [0.15, 0.2) is 42.5 Å². The summed E-state index contributed by atoms with van der Waals surface area (Å²) in [4.78, 5) is 20.5. The Labute approximate surface area is 167 Å². The first-order chi connectivity index (χ1) is 13.5. The summed E-state index contributed by atoms with van der Waals surface area (Å²) >= 11 is 1.65. The average molecular weight is 396 g/mol. The van der Waals surface area contributed by atoms with E-state index in [0.29, 0.717) is 18.7 Å². The van der Waals surface area contributed by atoms with Crippen LogP contribution in [0.5, 0.6) is 5.75 Å². The maximum absolute atomic E-state index is 13.3. The smallest absolute Gasteiger partial charge is 0.268 e. The lowest BCUT2D eigenvalue weighted by atomic mass is 10.1. The number of hydrogen-bond donors (Lipinski definition) is 0. The number of benzene rings is 2. The summed E-state index contributed by atoms with van der Waals surface area (Å²) in [6, 6.07) is 12.1. The first kappa shape index (κ1) is 18.6. The SMILES string of the molecule is CCC1Oc2ccc(-c3nc(C)sc3C)cc2N(Cc2ccc(F)cc2)C1=O. The quantitative estimate of drug-likeness (QED) is 0.603. The molecule has 1 unspecified atom stereocenters. The second kappa shape index (κ2) is 7.36. The molecule has 3 aromatic rings. The lowest BCUT2D eigenvalue weighted by Gasteiger charge is -2.34. The molecule has 4 rings (SSSR count). The van der Waals surface area contributed by atoms with Crippen LogP contribution >= 0.6 is 11.3 Å². The number of anilines is 1. The molecule has 0 bridgehead atoms.